The predicted octanol–water partition coefficient (Wildman–Crippen LogP) is 1.16. The largest absolute Gasteiger partial charge is 0.451 e. The normalized spacial score (nSPS) is 15.1. The molecule has 7 heteroatoms. The zero-order chi connectivity index (χ0) is 13.8. The number of aromatic nitrogens is 2. The van der Waals surface area contributed by atoms with Crippen LogP contribution >= 0.6 is 0 Å². The van der Waals surface area contributed by atoms with Crippen molar-refractivity contribution < 1.29 is 13.9 Å². The maximum atomic E-state index is 11.8. The summed E-state index contributed by atoms with van der Waals surface area (Å²) in [6, 6.07) is 3.69. The van der Waals surface area contributed by atoms with E-state index in [1.54, 1.807) is 12.3 Å². The highest BCUT2D eigenvalue weighted by Gasteiger charge is 2.13. The lowest BCUT2D eigenvalue weighted by atomic mass is 10.3. The van der Waals surface area contributed by atoms with E-state index in [2.05, 4.69) is 20.2 Å². The molecular formula is C13H14N4O3. The van der Waals surface area contributed by atoms with Crippen LogP contribution in [0.5, 0.6) is 0 Å². The van der Waals surface area contributed by atoms with Crippen LogP contribution in [0, 0.1) is 0 Å². The van der Waals surface area contributed by atoms with Gasteiger partial charge in [0.05, 0.1) is 25.1 Å². The number of morpholine rings is 1. The molecule has 1 amide bonds. The van der Waals surface area contributed by atoms with Gasteiger partial charge in [-0.25, -0.2) is 9.97 Å². The minimum absolute atomic E-state index is 0.226. The molecule has 1 aliphatic heterocycles. The van der Waals surface area contributed by atoms with Crippen molar-refractivity contribution in [3.8, 4) is 0 Å². The summed E-state index contributed by atoms with van der Waals surface area (Å²) in [5.41, 5.74) is 1.25. The zero-order valence-electron chi connectivity index (χ0n) is 10.8. The molecule has 0 radical (unpaired) electrons. The summed E-state index contributed by atoms with van der Waals surface area (Å²) in [4.78, 5) is 22.0. The Morgan fingerprint density at radius 2 is 2.10 bits per heavy atom. The summed E-state index contributed by atoms with van der Waals surface area (Å²) in [6.45, 7) is 3.16. The molecule has 2 aromatic rings. The first kappa shape index (κ1) is 12.6. The van der Waals surface area contributed by atoms with Crippen molar-refractivity contribution in [3.63, 3.8) is 0 Å². The molecule has 0 atom stereocenters. The fraction of sp³-hybridized carbons (Fsp3) is 0.308. The van der Waals surface area contributed by atoms with Gasteiger partial charge in [0.25, 0.3) is 5.91 Å². The number of hydrogen-bond acceptors (Lipinski definition) is 6. The number of amides is 1. The number of nitrogens with one attached hydrogen (secondary N) is 1. The summed E-state index contributed by atoms with van der Waals surface area (Å²) < 4.78 is 10.1. The Balaban J connectivity index is 1.65. The molecule has 0 unspecified atom stereocenters. The minimum Gasteiger partial charge on any atom is -0.451 e. The lowest BCUT2D eigenvalue weighted by molar-refractivity contribution is 0.102. The van der Waals surface area contributed by atoms with Gasteiger partial charge in [-0.1, -0.05) is 0 Å². The van der Waals surface area contributed by atoms with Gasteiger partial charge in [0.1, 0.15) is 12.1 Å². The van der Waals surface area contributed by atoms with Crippen molar-refractivity contribution in [3.05, 3.63) is 36.7 Å². The summed E-state index contributed by atoms with van der Waals surface area (Å²) in [6.07, 6.45) is 4.24. The van der Waals surface area contributed by atoms with E-state index in [1.165, 1.54) is 12.7 Å². The molecule has 1 fully saturated rings. The van der Waals surface area contributed by atoms with Crippen LogP contribution < -0.4 is 10.2 Å². The molecule has 104 valence electrons. The monoisotopic (exact) mass is 274 g/mol. The van der Waals surface area contributed by atoms with Gasteiger partial charge in [0.15, 0.2) is 12.1 Å². The van der Waals surface area contributed by atoms with Crippen LogP contribution in [-0.2, 0) is 4.74 Å². The Hall–Kier alpha value is -2.41. The first-order valence-electron chi connectivity index (χ1n) is 6.31. The van der Waals surface area contributed by atoms with Gasteiger partial charge in [0.2, 0.25) is 0 Å². The number of anilines is 2. The smallest absolute Gasteiger partial charge is 0.278 e. The number of oxazole rings is 1. The number of ether oxygens (including phenoxy) is 1. The molecule has 7 nitrogen and oxygen atoms in total. The van der Waals surface area contributed by atoms with Gasteiger partial charge in [0, 0.05) is 13.1 Å². The Bertz CT molecular complexity index is 562. The number of carbonyl (C=O) groups excluding carboxylic acids is 1. The maximum absolute atomic E-state index is 11.8. The van der Waals surface area contributed by atoms with E-state index in [1.807, 2.05) is 6.07 Å². The Kier molecular flexibility index (Phi) is 3.60. The lowest BCUT2D eigenvalue weighted by Crippen LogP contribution is -2.36. The van der Waals surface area contributed by atoms with Crippen molar-refractivity contribution in [1.29, 1.82) is 0 Å². The topological polar surface area (TPSA) is 80.5 Å². The second-order valence-electron chi connectivity index (χ2n) is 4.33. The van der Waals surface area contributed by atoms with Crippen LogP contribution in [0.2, 0.25) is 0 Å². The van der Waals surface area contributed by atoms with Gasteiger partial charge in [-0.3, -0.25) is 4.79 Å². The van der Waals surface area contributed by atoms with Crippen LogP contribution in [0.25, 0.3) is 0 Å². The summed E-state index contributed by atoms with van der Waals surface area (Å²) in [5, 5.41) is 2.66. The minimum atomic E-state index is -0.342. The van der Waals surface area contributed by atoms with Crippen LogP contribution in [0.4, 0.5) is 11.5 Å². The van der Waals surface area contributed by atoms with Gasteiger partial charge in [-0.15, -0.1) is 0 Å². The van der Waals surface area contributed by atoms with E-state index in [0.717, 1.165) is 32.0 Å². The molecule has 0 spiro atoms. The fourth-order valence-corrected chi connectivity index (χ4v) is 1.97. The summed E-state index contributed by atoms with van der Waals surface area (Å²) in [5.74, 6) is 0.139. The highest BCUT2D eigenvalue weighted by Crippen LogP contribution is 2.16. The second kappa shape index (κ2) is 5.70. The Morgan fingerprint density at radius 3 is 2.75 bits per heavy atom. The SMILES string of the molecule is O=C(Nc1ccc(N2CCOCC2)cn1)c1cocn1. The zero-order valence-corrected chi connectivity index (χ0v) is 10.8. The molecule has 0 saturated carbocycles. The van der Waals surface area contributed by atoms with E-state index in [9.17, 15) is 4.79 Å². The molecule has 3 rings (SSSR count). The number of carbonyl (C=O) groups is 1. The Labute approximate surface area is 115 Å². The molecule has 1 N–H and O–H groups in total. The molecule has 0 aliphatic carbocycles. The maximum Gasteiger partial charge on any atom is 0.278 e. The Morgan fingerprint density at radius 1 is 1.25 bits per heavy atom. The van der Waals surface area contributed by atoms with Gasteiger partial charge in [-0.05, 0) is 12.1 Å². The second-order valence-corrected chi connectivity index (χ2v) is 4.33. The third-order valence-corrected chi connectivity index (χ3v) is 3.03. The molecule has 0 aromatic carbocycles. The van der Waals surface area contributed by atoms with Crippen LogP contribution in [0.15, 0.2) is 35.4 Å². The van der Waals surface area contributed by atoms with Gasteiger partial charge >= 0.3 is 0 Å². The van der Waals surface area contributed by atoms with Gasteiger partial charge < -0.3 is 19.4 Å². The predicted molar refractivity (Wildman–Crippen MR) is 71.7 cm³/mol. The lowest BCUT2D eigenvalue weighted by Gasteiger charge is -2.28. The standard InChI is InChI=1S/C13H14N4O3/c18-13(11-8-20-9-15-11)16-12-2-1-10(7-14-12)17-3-5-19-6-4-17/h1-2,7-9H,3-6H2,(H,14,16,18). The van der Waals surface area contributed by atoms with E-state index in [-0.39, 0.29) is 11.6 Å². The quantitative estimate of drug-likeness (QED) is 0.904. The highest BCUT2D eigenvalue weighted by atomic mass is 16.5. The summed E-state index contributed by atoms with van der Waals surface area (Å²) in [7, 11) is 0. The van der Waals surface area contributed by atoms with E-state index < -0.39 is 0 Å². The number of pyridine rings is 1. The van der Waals surface area contributed by atoms with E-state index in [4.69, 9.17) is 9.15 Å². The number of hydrogen-bond donors (Lipinski definition) is 1. The molecule has 2 aromatic heterocycles. The van der Waals surface area contributed by atoms with Crippen molar-refractivity contribution in [2.75, 3.05) is 36.5 Å². The third-order valence-electron chi connectivity index (χ3n) is 3.03. The van der Waals surface area contributed by atoms with E-state index in [0.29, 0.717) is 5.82 Å². The molecule has 1 saturated heterocycles. The van der Waals surface area contributed by atoms with Gasteiger partial charge in [-0.2, -0.15) is 0 Å². The van der Waals surface area contributed by atoms with Crippen molar-refractivity contribution in [1.82, 2.24) is 9.97 Å². The van der Waals surface area contributed by atoms with Crippen LogP contribution in [0.3, 0.4) is 0 Å². The average molecular weight is 274 g/mol. The first-order chi connectivity index (χ1) is 9.83. The van der Waals surface area contributed by atoms with E-state index >= 15 is 0 Å². The number of nitrogens with zero attached hydrogens (tertiary/aromatic N) is 3. The summed E-state index contributed by atoms with van der Waals surface area (Å²) >= 11 is 0. The first-order valence-corrected chi connectivity index (χ1v) is 6.31. The molecular weight excluding hydrogens is 260 g/mol. The number of rotatable bonds is 3. The molecule has 1 aliphatic rings. The molecule has 3 heterocycles. The van der Waals surface area contributed by atoms with Crippen LogP contribution in [-0.4, -0.2) is 42.2 Å². The van der Waals surface area contributed by atoms with Crippen molar-refractivity contribution in [2.45, 2.75) is 0 Å². The van der Waals surface area contributed by atoms with Crippen LogP contribution in [0.1, 0.15) is 10.5 Å². The van der Waals surface area contributed by atoms with Crippen molar-refractivity contribution >= 4 is 17.4 Å². The van der Waals surface area contributed by atoms with Crippen molar-refractivity contribution in [2.24, 2.45) is 0 Å². The fourth-order valence-electron chi connectivity index (χ4n) is 1.97. The average Bonchev–Trinajstić information content (AvgIpc) is 3.03. The highest BCUT2D eigenvalue weighted by molar-refractivity contribution is 6.02. The molecule has 0 bridgehead atoms. The molecule has 20 heavy (non-hydrogen) atoms. The third kappa shape index (κ3) is 2.77.